The van der Waals surface area contributed by atoms with Crippen LogP contribution in [0.15, 0.2) is 18.2 Å². The van der Waals surface area contributed by atoms with E-state index in [4.69, 9.17) is 9.47 Å². The van der Waals surface area contributed by atoms with E-state index in [0.29, 0.717) is 24.5 Å². The van der Waals surface area contributed by atoms with E-state index < -0.39 is 0 Å². The van der Waals surface area contributed by atoms with Crippen LogP contribution >= 0.6 is 0 Å². The van der Waals surface area contributed by atoms with Crippen LogP contribution in [0.4, 0.5) is 0 Å². The van der Waals surface area contributed by atoms with Crippen molar-refractivity contribution in [2.75, 3.05) is 20.3 Å². The van der Waals surface area contributed by atoms with Gasteiger partial charge in [-0.25, -0.2) is 0 Å². The molecule has 1 rings (SSSR count). The second-order valence-electron chi connectivity index (χ2n) is 5.09. The lowest BCUT2D eigenvalue weighted by atomic mass is 10.2. The van der Waals surface area contributed by atoms with E-state index in [2.05, 4.69) is 17.6 Å². The fourth-order valence-electron chi connectivity index (χ4n) is 1.86. The van der Waals surface area contributed by atoms with Gasteiger partial charge in [-0.2, -0.15) is 0 Å². The van der Waals surface area contributed by atoms with Gasteiger partial charge in [-0.3, -0.25) is 4.79 Å². The summed E-state index contributed by atoms with van der Waals surface area (Å²) in [7, 11) is 1.62. The highest BCUT2D eigenvalue weighted by atomic mass is 16.5. The van der Waals surface area contributed by atoms with Crippen LogP contribution in [0.3, 0.4) is 0 Å². The van der Waals surface area contributed by atoms with Gasteiger partial charge in [0.15, 0.2) is 11.5 Å². The van der Waals surface area contributed by atoms with Crippen LogP contribution in [-0.2, 0) is 11.3 Å². The molecule has 0 spiro atoms. The molecule has 0 aromatic heterocycles. The molecule has 0 radical (unpaired) electrons. The van der Waals surface area contributed by atoms with E-state index in [1.807, 2.05) is 32.0 Å². The van der Waals surface area contributed by atoms with E-state index in [9.17, 15) is 4.79 Å². The minimum atomic E-state index is -0.00673. The summed E-state index contributed by atoms with van der Waals surface area (Å²) in [6.07, 6.45) is 0.334. The van der Waals surface area contributed by atoms with Crippen molar-refractivity contribution in [1.29, 1.82) is 0 Å². The van der Waals surface area contributed by atoms with Crippen molar-refractivity contribution in [3.63, 3.8) is 0 Å². The lowest BCUT2D eigenvalue weighted by Gasteiger charge is -2.13. The Balaban J connectivity index is 2.52. The molecule has 0 aliphatic heterocycles. The van der Waals surface area contributed by atoms with E-state index in [0.717, 1.165) is 18.7 Å². The van der Waals surface area contributed by atoms with Crippen molar-refractivity contribution < 1.29 is 14.3 Å². The van der Waals surface area contributed by atoms with Crippen molar-refractivity contribution in [2.45, 2.75) is 39.8 Å². The number of methoxy groups -OCH3 is 1. The number of carbonyl (C=O) groups is 1. The molecule has 0 fully saturated rings. The maximum Gasteiger partial charge on any atom is 0.223 e. The molecular formula is C16H26N2O3. The Labute approximate surface area is 127 Å². The summed E-state index contributed by atoms with van der Waals surface area (Å²) in [6, 6.07) is 5.98. The zero-order chi connectivity index (χ0) is 15.7. The normalized spacial score (nSPS) is 10.5. The predicted octanol–water partition coefficient (Wildman–Crippen LogP) is 2.10. The Kier molecular flexibility index (Phi) is 7.61. The highest BCUT2D eigenvalue weighted by Gasteiger charge is 2.08. The maximum atomic E-state index is 11.5. The number of benzene rings is 1. The third-order valence-corrected chi connectivity index (χ3v) is 2.84. The monoisotopic (exact) mass is 294 g/mol. The average Bonchev–Trinajstić information content (AvgIpc) is 2.45. The van der Waals surface area contributed by atoms with E-state index in [1.54, 1.807) is 7.11 Å². The fourth-order valence-corrected chi connectivity index (χ4v) is 1.86. The molecule has 21 heavy (non-hydrogen) atoms. The summed E-state index contributed by atoms with van der Waals surface area (Å²) in [4.78, 5) is 11.5. The molecule has 5 heteroatoms. The van der Waals surface area contributed by atoms with Crippen molar-refractivity contribution in [2.24, 2.45) is 0 Å². The molecule has 0 saturated carbocycles. The molecule has 1 amide bonds. The average molecular weight is 294 g/mol. The van der Waals surface area contributed by atoms with Crippen molar-refractivity contribution in [3.8, 4) is 11.5 Å². The molecule has 118 valence electrons. The molecule has 2 N–H and O–H groups in total. The molecule has 1 aromatic carbocycles. The van der Waals surface area contributed by atoms with Crippen LogP contribution in [0, 0.1) is 0 Å². The minimum Gasteiger partial charge on any atom is -0.493 e. The lowest BCUT2D eigenvalue weighted by molar-refractivity contribution is -0.122. The molecule has 0 heterocycles. The van der Waals surface area contributed by atoms with Crippen LogP contribution in [-0.4, -0.2) is 32.2 Å². The van der Waals surface area contributed by atoms with Gasteiger partial charge in [-0.1, -0.05) is 13.0 Å². The zero-order valence-electron chi connectivity index (χ0n) is 13.4. The van der Waals surface area contributed by atoms with Crippen LogP contribution in [0.1, 0.15) is 32.8 Å². The number of rotatable bonds is 9. The van der Waals surface area contributed by atoms with Crippen molar-refractivity contribution in [1.82, 2.24) is 10.6 Å². The lowest BCUT2D eigenvalue weighted by Crippen LogP contribution is -2.31. The first kappa shape index (κ1) is 17.3. The first-order valence-corrected chi connectivity index (χ1v) is 7.36. The highest BCUT2D eigenvalue weighted by Crippen LogP contribution is 2.28. The van der Waals surface area contributed by atoms with E-state index in [1.165, 1.54) is 0 Å². The van der Waals surface area contributed by atoms with Crippen LogP contribution in [0.5, 0.6) is 11.5 Å². The SMILES string of the molecule is CCNCc1ccc(OCCC(=O)NC(C)C)c(OC)c1. The molecule has 0 aliphatic rings. The largest absolute Gasteiger partial charge is 0.493 e. The Morgan fingerprint density at radius 3 is 2.67 bits per heavy atom. The first-order valence-electron chi connectivity index (χ1n) is 7.36. The van der Waals surface area contributed by atoms with Crippen LogP contribution < -0.4 is 20.1 Å². The van der Waals surface area contributed by atoms with Gasteiger partial charge in [0.25, 0.3) is 0 Å². The second-order valence-corrected chi connectivity index (χ2v) is 5.09. The quantitative estimate of drug-likeness (QED) is 0.732. The van der Waals surface area contributed by atoms with Gasteiger partial charge in [0.1, 0.15) is 0 Å². The molecule has 5 nitrogen and oxygen atoms in total. The van der Waals surface area contributed by atoms with E-state index in [-0.39, 0.29) is 11.9 Å². The Morgan fingerprint density at radius 1 is 1.29 bits per heavy atom. The van der Waals surface area contributed by atoms with Gasteiger partial charge in [0.05, 0.1) is 20.1 Å². The number of amides is 1. The van der Waals surface area contributed by atoms with Gasteiger partial charge < -0.3 is 20.1 Å². The standard InChI is InChI=1S/C16H26N2O3/c1-5-17-11-13-6-7-14(15(10-13)20-4)21-9-8-16(19)18-12(2)3/h6-7,10,12,17H,5,8-9,11H2,1-4H3,(H,18,19). The molecule has 0 aliphatic carbocycles. The van der Waals surface area contributed by atoms with Gasteiger partial charge >= 0.3 is 0 Å². The van der Waals surface area contributed by atoms with Gasteiger partial charge in [-0.15, -0.1) is 0 Å². The molecule has 0 saturated heterocycles. The summed E-state index contributed by atoms with van der Waals surface area (Å²) >= 11 is 0. The summed E-state index contributed by atoms with van der Waals surface area (Å²) in [6.45, 7) is 7.99. The third-order valence-electron chi connectivity index (χ3n) is 2.84. The summed E-state index contributed by atoms with van der Waals surface area (Å²) < 4.78 is 11.0. The number of carbonyl (C=O) groups excluding carboxylic acids is 1. The van der Waals surface area contributed by atoms with Crippen LogP contribution in [0.2, 0.25) is 0 Å². The number of nitrogens with one attached hydrogen (secondary N) is 2. The summed E-state index contributed by atoms with van der Waals surface area (Å²) in [5, 5.41) is 6.09. The molecule has 0 atom stereocenters. The third kappa shape index (κ3) is 6.49. The Hall–Kier alpha value is -1.75. The second kappa shape index (κ2) is 9.23. The van der Waals surface area contributed by atoms with E-state index >= 15 is 0 Å². The molecule has 0 bridgehead atoms. The maximum absolute atomic E-state index is 11.5. The van der Waals surface area contributed by atoms with Crippen molar-refractivity contribution in [3.05, 3.63) is 23.8 Å². The Bertz CT molecular complexity index is 447. The topological polar surface area (TPSA) is 59.6 Å². The number of ether oxygens (including phenoxy) is 2. The van der Waals surface area contributed by atoms with Gasteiger partial charge in [0.2, 0.25) is 5.91 Å². The predicted molar refractivity (Wildman–Crippen MR) is 83.8 cm³/mol. The summed E-state index contributed by atoms with van der Waals surface area (Å²) in [5.41, 5.74) is 1.14. The molecular weight excluding hydrogens is 268 g/mol. The highest BCUT2D eigenvalue weighted by molar-refractivity contribution is 5.76. The number of hydrogen-bond donors (Lipinski definition) is 2. The van der Waals surface area contributed by atoms with Gasteiger partial charge in [0, 0.05) is 12.6 Å². The van der Waals surface area contributed by atoms with Crippen molar-refractivity contribution >= 4 is 5.91 Å². The fraction of sp³-hybridized carbons (Fsp3) is 0.562. The zero-order valence-corrected chi connectivity index (χ0v) is 13.4. The van der Waals surface area contributed by atoms with Gasteiger partial charge in [-0.05, 0) is 38.1 Å². The first-order chi connectivity index (χ1) is 10.1. The smallest absolute Gasteiger partial charge is 0.223 e. The Morgan fingerprint density at radius 2 is 2.05 bits per heavy atom. The van der Waals surface area contributed by atoms with Crippen LogP contribution in [0.25, 0.3) is 0 Å². The minimum absolute atomic E-state index is 0.00673. The molecule has 0 unspecified atom stereocenters. The summed E-state index contributed by atoms with van der Waals surface area (Å²) in [5.74, 6) is 1.34. The number of hydrogen-bond acceptors (Lipinski definition) is 4. The molecule has 1 aromatic rings.